The number of sulfonamides is 1. The number of hydrogen-bond donors (Lipinski definition) is 0. The van der Waals surface area contributed by atoms with E-state index in [-0.39, 0.29) is 5.75 Å². The topological polar surface area (TPSA) is 46.5 Å². The van der Waals surface area contributed by atoms with Gasteiger partial charge in [-0.3, -0.25) is 0 Å². The second-order valence-corrected chi connectivity index (χ2v) is 6.45. The number of hydrogen-bond acceptors (Lipinski definition) is 2. The average molecular weight is 287 g/mol. The highest BCUT2D eigenvalue weighted by Gasteiger charge is 2.07. The predicted molar refractivity (Wildman–Crippen MR) is 82.7 cm³/mol. The lowest BCUT2D eigenvalue weighted by Crippen LogP contribution is -2.06. The molecule has 0 saturated carbocycles. The Balaban J connectivity index is 1.98. The van der Waals surface area contributed by atoms with Crippen molar-refractivity contribution >= 4 is 16.2 Å². The Morgan fingerprint density at radius 2 is 1.65 bits per heavy atom. The van der Waals surface area contributed by atoms with Crippen molar-refractivity contribution in [2.45, 2.75) is 13.3 Å². The molecule has 0 aliphatic heterocycles. The lowest BCUT2D eigenvalue weighted by Gasteiger charge is -2.00. The predicted octanol–water partition coefficient (Wildman–Crippen LogP) is 2.99. The monoisotopic (exact) mass is 287 g/mol. The first-order valence-electron chi connectivity index (χ1n) is 6.44. The fourth-order valence-electron chi connectivity index (χ4n) is 1.74. The average Bonchev–Trinajstić information content (AvgIpc) is 2.46. The first-order chi connectivity index (χ1) is 9.55. The molecule has 3 nitrogen and oxygen atoms in total. The highest BCUT2D eigenvalue weighted by molar-refractivity contribution is 7.90. The molecule has 0 heterocycles. The van der Waals surface area contributed by atoms with Gasteiger partial charge in [0.1, 0.15) is 0 Å². The van der Waals surface area contributed by atoms with Gasteiger partial charge in [-0.15, -0.1) is 0 Å². The fourth-order valence-corrected chi connectivity index (χ4v) is 2.62. The number of rotatable bonds is 5. The molecule has 0 aliphatic rings. The maximum atomic E-state index is 11.8. The summed E-state index contributed by atoms with van der Waals surface area (Å²) >= 11 is 0. The van der Waals surface area contributed by atoms with Gasteiger partial charge < -0.3 is 0 Å². The Bertz CT molecular complexity index is 674. The molecule has 0 aromatic heterocycles. The molecule has 0 N–H and O–H groups in total. The van der Waals surface area contributed by atoms with Crippen molar-refractivity contribution in [1.29, 1.82) is 0 Å². The SMILES string of the molecule is Cc1ccc(C=NS(=O)(=O)CCc2ccccc2)cc1. The third-order valence-electron chi connectivity index (χ3n) is 2.93. The van der Waals surface area contributed by atoms with E-state index < -0.39 is 10.0 Å². The second-order valence-electron chi connectivity index (χ2n) is 4.67. The number of benzene rings is 2. The third kappa shape index (κ3) is 4.63. The van der Waals surface area contributed by atoms with Gasteiger partial charge in [0.25, 0.3) is 10.0 Å². The molecule has 20 heavy (non-hydrogen) atoms. The zero-order valence-electron chi connectivity index (χ0n) is 11.4. The summed E-state index contributed by atoms with van der Waals surface area (Å²) < 4.78 is 27.4. The zero-order valence-corrected chi connectivity index (χ0v) is 12.2. The van der Waals surface area contributed by atoms with Crippen LogP contribution in [0.15, 0.2) is 59.0 Å². The van der Waals surface area contributed by atoms with Crippen LogP contribution < -0.4 is 0 Å². The van der Waals surface area contributed by atoms with Gasteiger partial charge in [0.05, 0.1) is 5.75 Å². The van der Waals surface area contributed by atoms with Gasteiger partial charge in [-0.1, -0.05) is 60.2 Å². The van der Waals surface area contributed by atoms with Gasteiger partial charge in [0, 0.05) is 6.21 Å². The minimum absolute atomic E-state index is 0.0272. The molecule has 104 valence electrons. The fraction of sp³-hybridized carbons (Fsp3) is 0.188. The second kappa shape index (κ2) is 6.48. The van der Waals surface area contributed by atoms with Crippen molar-refractivity contribution in [2.24, 2.45) is 4.40 Å². The summed E-state index contributed by atoms with van der Waals surface area (Å²) in [5.41, 5.74) is 2.93. The van der Waals surface area contributed by atoms with E-state index in [1.807, 2.05) is 61.5 Å². The van der Waals surface area contributed by atoms with Crippen LogP contribution in [0.2, 0.25) is 0 Å². The van der Waals surface area contributed by atoms with Gasteiger partial charge in [-0.25, -0.2) is 8.42 Å². The molecule has 2 rings (SSSR count). The number of aryl methyl sites for hydroxylation is 2. The van der Waals surface area contributed by atoms with E-state index in [9.17, 15) is 8.42 Å². The van der Waals surface area contributed by atoms with Crippen LogP contribution in [0.1, 0.15) is 16.7 Å². The summed E-state index contributed by atoms with van der Waals surface area (Å²) in [4.78, 5) is 0. The normalized spacial score (nSPS) is 11.8. The molecule has 2 aromatic carbocycles. The molecule has 0 saturated heterocycles. The quantitative estimate of drug-likeness (QED) is 0.794. The standard InChI is InChI=1S/C16H17NO2S/c1-14-7-9-16(10-8-14)13-17-20(18,19)12-11-15-5-3-2-4-6-15/h2-10,13H,11-12H2,1H3. The van der Waals surface area contributed by atoms with Crippen molar-refractivity contribution < 1.29 is 8.42 Å². The van der Waals surface area contributed by atoms with Crippen LogP contribution in [0.4, 0.5) is 0 Å². The first-order valence-corrected chi connectivity index (χ1v) is 8.05. The largest absolute Gasteiger partial charge is 0.253 e. The molecule has 0 aliphatic carbocycles. The Labute approximate surface area is 120 Å². The smallest absolute Gasteiger partial charge is 0.205 e. The van der Waals surface area contributed by atoms with Crippen LogP contribution in [0.25, 0.3) is 0 Å². The summed E-state index contributed by atoms with van der Waals surface area (Å²) in [6, 6.07) is 17.1. The Hall–Kier alpha value is -1.94. The minimum atomic E-state index is -3.42. The van der Waals surface area contributed by atoms with Crippen molar-refractivity contribution in [2.75, 3.05) is 5.75 Å². The minimum Gasteiger partial charge on any atom is -0.205 e. The van der Waals surface area contributed by atoms with Crippen LogP contribution in [-0.2, 0) is 16.4 Å². The van der Waals surface area contributed by atoms with E-state index >= 15 is 0 Å². The van der Waals surface area contributed by atoms with Crippen LogP contribution in [-0.4, -0.2) is 20.4 Å². The van der Waals surface area contributed by atoms with Gasteiger partial charge >= 0.3 is 0 Å². The van der Waals surface area contributed by atoms with Crippen molar-refractivity contribution in [3.8, 4) is 0 Å². The summed E-state index contributed by atoms with van der Waals surface area (Å²) in [5, 5.41) is 0. The van der Waals surface area contributed by atoms with Crippen LogP contribution in [0, 0.1) is 6.92 Å². The Morgan fingerprint density at radius 1 is 1.00 bits per heavy atom. The van der Waals surface area contributed by atoms with Gasteiger partial charge in [0.15, 0.2) is 0 Å². The summed E-state index contributed by atoms with van der Waals surface area (Å²) in [7, 11) is -3.42. The van der Waals surface area contributed by atoms with Crippen molar-refractivity contribution in [3.63, 3.8) is 0 Å². The van der Waals surface area contributed by atoms with E-state index in [0.29, 0.717) is 6.42 Å². The molecular formula is C16H17NO2S. The molecule has 4 heteroatoms. The highest BCUT2D eigenvalue weighted by Crippen LogP contribution is 2.05. The summed E-state index contributed by atoms with van der Waals surface area (Å²) in [6.07, 6.45) is 1.88. The number of nitrogens with zero attached hydrogens (tertiary/aromatic N) is 1. The van der Waals surface area contributed by atoms with Crippen LogP contribution in [0.3, 0.4) is 0 Å². The van der Waals surface area contributed by atoms with E-state index in [2.05, 4.69) is 4.40 Å². The molecule has 0 unspecified atom stereocenters. The summed E-state index contributed by atoms with van der Waals surface area (Å²) in [6.45, 7) is 1.98. The molecule has 0 spiro atoms. The highest BCUT2D eigenvalue weighted by atomic mass is 32.2. The van der Waals surface area contributed by atoms with Crippen molar-refractivity contribution in [1.82, 2.24) is 0 Å². The lowest BCUT2D eigenvalue weighted by atomic mass is 10.2. The zero-order chi connectivity index (χ0) is 14.4. The van der Waals surface area contributed by atoms with Gasteiger partial charge in [-0.05, 0) is 24.5 Å². The molecular weight excluding hydrogens is 270 g/mol. The molecule has 0 amide bonds. The van der Waals surface area contributed by atoms with E-state index in [1.54, 1.807) is 0 Å². The summed E-state index contributed by atoms with van der Waals surface area (Å²) in [5.74, 6) is 0.0272. The van der Waals surface area contributed by atoms with Crippen LogP contribution in [0.5, 0.6) is 0 Å². The van der Waals surface area contributed by atoms with Gasteiger partial charge in [-0.2, -0.15) is 4.40 Å². The lowest BCUT2D eigenvalue weighted by molar-refractivity contribution is 0.597. The van der Waals surface area contributed by atoms with Crippen molar-refractivity contribution in [3.05, 3.63) is 71.3 Å². The molecule has 0 fully saturated rings. The Morgan fingerprint density at radius 3 is 2.30 bits per heavy atom. The maximum Gasteiger partial charge on any atom is 0.253 e. The van der Waals surface area contributed by atoms with Gasteiger partial charge in [0.2, 0.25) is 0 Å². The Kier molecular flexibility index (Phi) is 4.69. The molecule has 0 radical (unpaired) electrons. The third-order valence-corrected chi connectivity index (χ3v) is 4.08. The first kappa shape index (κ1) is 14.5. The van der Waals surface area contributed by atoms with E-state index in [4.69, 9.17) is 0 Å². The van der Waals surface area contributed by atoms with E-state index in [0.717, 1.165) is 16.7 Å². The molecule has 0 bridgehead atoms. The molecule has 0 atom stereocenters. The maximum absolute atomic E-state index is 11.8. The molecule has 2 aromatic rings. The van der Waals surface area contributed by atoms with Crippen LogP contribution >= 0.6 is 0 Å². The van der Waals surface area contributed by atoms with E-state index in [1.165, 1.54) is 6.21 Å².